The molecule has 0 unspecified atom stereocenters. The van der Waals surface area contributed by atoms with Gasteiger partial charge in [0, 0.05) is 31.0 Å². The van der Waals surface area contributed by atoms with Gasteiger partial charge in [0.25, 0.3) is 5.91 Å². The van der Waals surface area contributed by atoms with Gasteiger partial charge in [-0.2, -0.15) is 5.10 Å². The second-order valence-electron chi connectivity index (χ2n) is 6.27. The van der Waals surface area contributed by atoms with Crippen molar-refractivity contribution >= 4 is 5.91 Å². The molecule has 0 spiro atoms. The summed E-state index contributed by atoms with van der Waals surface area (Å²) in [5, 5.41) is 4.39. The van der Waals surface area contributed by atoms with Crippen molar-refractivity contribution in [1.82, 2.24) is 24.2 Å². The molecule has 0 radical (unpaired) electrons. The minimum atomic E-state index is -0.0937. The highest BCUT2D eigenvalue weighted by Gasteiger charge is 2.18. The maximum atomic E-state index is 12.9. The van der Waals surface area contributed by atoms with Gasteiger partial charge in [-0.05, 0) is 24.3 Å². The van der Waals surface area contributed by atoms with E-state index in [0.717, 1.165) is 16.9 Å². The van der Waals surface area contributed by atoms with E-state index in [9.17, 15) is 4.79 Å². The first-order chi connectivity index (χ1) is 13.2. The van der Waals surface area contributed by atoms with Gasteiger partial charge in [-0.25, -0.2) is 9.67 Å². The molecule has 2 aromatic heterocycles. The lowest BCUT2D eigenvalue weighted by atomic mass is 10.3. The molecule has 1 amide bonds. The van der Waals surface area contributed by atoms with Crippen LogP contribution >= 0.6 is 0 Å². The number of para-hydroxylation sites is 2. The van der Waals surface area contributed by atoms with Crippen LogP contribution in [0.5, 0.6) is 0 Å². The molecule has 0 N–H and O–H groups in total. The summed E-state index contributed by atoms with van der Waals surface area (Å²) < 4.78 is 3.61. The van der Waals surface area contributed by atoms with Gasteiger partial charge in [0.05, 0.1) is 24.4 Å². The van der Waals surface area contributed by atoms with Crippen LogP contribution in [0.3, 0.4) is 0 Å². The van der Waals surface area contributed by atoms with Crippen LogP contribution in [0.1, 0.15) is 16.1 Å². The number of amides is 1. The lowest BCUT2D eigenvalue weighted by Crippen LogP contribution is -2.27. The minimum Gasteiger partial charge on any atom is -0.336 e. The Morgan fingerprint density at radius 2 is 1.63 bits per heavy atom. The average Bonchev–Trinajstić information content (AvgIpc) is 3.38. The number of imidazole rings is 1. The zero-order valence-electron chi connectivity index (χ0n) is 14.9. The molecule has 2 aromatic carbocycles. The van der Waals surface area contributed by atoms with Crippen molar-refractivity contribution in [3.05, 3.63) is 96.8 Å². The summed E-state index contributed by atoms with van der Waals surface area (Å²) in [5.41, 5.74) is 3.38. The molecule has 0 atom stereocenters. The molecule has 0 fully saturated rings. The van der Waals surface area contributed by atoms with E-state index in [4.69, 9.17) is 0 Å². The lowest BCUT2D eigenvalue weighted by molar-refractivity contribution is 0.0777. The van der Waals surface area contributed by atoms with Crippen molar-refractivity contribution in [2.24, 2.45) is 0 Å². The monoisotopic (exact) mass is 357 g/mol. The Labute approximate surface area is 157 Å². The summed E-state index contributed by atoms with van der Waals surface area (Å²) in [6.07, 6.45) is 6.97. The standard InChI is InChI=1S/C21H19N5O/c1-24(14-17-12-23-26(15-17)19-10-6-3-7-11-19)21(27)20-13-22-16-25(20)18-8-4-2-5-9-18/h2-13,15-16H,14H2,1H3. The van der Waals surface area contributed by atoms with Crippen molar-refractivity contribution in [2.45, 2.75) is 6.54 Å². The molecule has 0 aliphatic rings. The third-order valence-electron chi connectivity index (χ3n) is 4.32. The summed E-state index contributed by atoms with van der Waals surface area (Å²) in [5.74, 6) is -0.0937. The summed E-state index contributed by atoms with van der Waals surface area (Å²) in [6.45, 7) is 0.464. The van der Waals surface area contributed by atoms with Crippen LogP contribution in [0.4, 0.5) is 0 Å². The predicted molar refractivity (Wildman–Crippen MR) is 103 cm³/mol. The Kier molecular flexibility index (Phi) is 4.53. The first-order valence-electron chi connectivity index (χ1n) is 8.64. The summed E-state index contributed by atoms with van der Waals surface area (Å²) >= 11 is 0. The maximum absolute atomic E-state index is 12.9. The van der Waals surface area contributed by atoms with Crippen molar-refractivity contribution in [3.8, 4) is 11.4 Å². The highest BCUT2D eigenvalue weighted by Crippen LogP contribution is 2.14. The molecule has 0 saturated heterocycles. The minimum absolute atomic E-state index is 0.0937. The van der Waals surface area contributed by atoms with Crippen molar-refractivity contribution in [1.29, 1.82) is 0 Å². The third kappa shape index (κ3) is 3.50. The molecule has 6 heteroatoms. The Morgan fingerprint density at radius 3 is 2.33 bits per heavy atom. The highest BCUT2D eigenvalue weighted by atomic mass is 16.2. The van der Waals surface area contributed by atoms with E-state index in [1.807, 2.05) is 71.5 Å². The molecule has 0 bridgehead atoms. The van der Waals surface area contributed by atoms with Crippen LogP contribution in [-0.4, -0.2) is 37.2 Å². The van der Waals surface area contributed by atoms with Gasteiger partial charge in [-0.3, -0.25) is 9.36 Å². The number of carbonyl (C=O) groups excluding carboxylic acids is 1. The molecule has 6 nitrogen and oxygen atoms in total. The molecule has 27 heavy (non-hydrogen) atoms. The first kappa shape index (κ1) is 16.8. The molecule has 0 aliphatic heterocycles. The van der Waals surface area contributed by atoms with E-state index < -0.39 is 0 Å². The average molecular weight is 357 g/mol. The summed E-state index contributed by atoms with van der Waals surface area (Å²) in [4.78, 5) is 18.7. The number of carbonyl (C=O) groups is 1. The zero-order chi connectivity index (χ0) is 18.6. The van der Waals surface area contributed by atoms with E-state index >= 15 is 0 Å². The van der Waals surface area contributed by atoms with Gasteiger partial charge in [-0.1, -0.05) is 36.4 Å². The second-order valence-corrected chi connectivity index (χ2v) is 6.27. The van der Waals surface area contributed by atoms with Gasteiger partial charge in [0.1, 0.15) is 5.69 Å². The van der Waals surface area contributed by atoms with Crippen LogP contribution in [0.15, 0.2) is 85.6 Å². The van der Waals surface area contributed by atoms with Crippen LogP contribution < -0.4 is 0 Å². The number of rotatable bonds is 5. The molecule has 0 aliphatic carbocycles. The fraction of sp³-hybridized carbons (Fsp3) is 0.0952. The van der Waals surface area contributed by atoms with Crippen LogP contribution in [0.25, 0.3) is 11.4 Å². The normalized spacial score (nSPS) is 10.7. The molecule has 134 valence electrons. The van der Waals surface area contributed by atoms with Gasteiger partial charge < -0.3 is 4.90 Å². The molecule has 4 rings (SSSR count). The lowest BCUT2D eigenvalue weighted by Gasteiger charge is -2.17. The largest absolute Gasteiger partial charge is 0.336 e. The van der Waals surface area contributed by atoms with E-state index in [2.05, 4.69) is 10.1 Å². The van der Waals surface area contributed by atoms with E-state index in [0.29, 0.717) is 12.2 Å². The van der Waals surface area contributed by atoms with Gasteiger partial charge in [0.15, 0.2) is 0 Å². The first-order valence-corrected chi connectivity index (χ1v) is 8.64. The van der Waals surface area contributed by atoms with Gasteiger partial charge >= 0.3 is 0 Å². The smallest absolute Gasteiger partial charge is 0.272 e. The van der Waals surface area contributed by atoms with Crippen molar-refractivity contribution in [2.75, 3.05) is 7.05 Å². The summed E-state index contributed by atoms with van der Waals surface area (Å²) in [7, 11) is 1.78. The quantitative estimate of drug-likeness (QED) is 0.550. The number of nitrogens with zero attached hydrogens (tertiary/aromatic N) is 5. The number of aromatic nitrogens is 4. The predicted octanol–water partition coefficient (Wildman–Crippen LogP) is 3.33. The Bertz CT molecular complexity index is 1040. The Hall–Kier alpha value is -3.67. The third-order valence-corrected chi connectivity index (χ3v) is 4.32. The van der Waals surface area contributed by atoms with E-state index in [1.54, 1.807) is 35.2 Å². The second kappa shape index (κ2) is 7.29. The van der Waals surface area contributed by atoms with Crippen LogP contribution in [0.2, 0.25) is 0 Å². The summed E-state index contributed by atoms with van der Waals surface area (Å²) in [6, 6.07) is 19.6. The van der Waals surface area contributed by atoms with Crippen LogP contribution in [-0.2, 0) is 6.54 Å². The molecule has 2 heterocycles. The Balaban J connectivity index is 1.51. The number of hydrogen-bond acceptors (Lipinski definition) is 3. The Morgan fingerprint density at radius 1 is 0.963 bits per heavy atom. The molecular formula is C21H19N5O. The zero-order valence-corrected chi connectivity index (χ0v) is 14.9. The van der Waals surface area contributed by atoms with Crippen LogP contribution in [0, 0.1) is 0 Å². The van der Waals surface area contributed by atoms with Gasteiger partial charge in [0.2, 0.25) is 0 Å². The fourth-order valence-electron chi connectivity index (χ4n) is 2.95. The topological polar surface area (TPSA) is 56.0 Å². The SMILES string of the molecule is CN(Cc1cnn(-c2ccccc2)c1)C(=O)c1cncn1-c1ccccc1. The number of benzene rings is 2. The number of hydrogen-bond donors (Lipinski definition) is 0. The fourth-order valence-corrected chi connectivity index (χ4v) is 2.95. The molecular weight excluding hydrogens is 338 g/mol. The van der Waals surface area contributed by atoms with E-state index in [-0.39, 0.29) is 5.91 Å². The highest BCUT2D eigenvalue weighted by molar-refractivity contribution is 5.92. The molecule has 0 saturated carbocycles. The van der Waals surface area contributed by atoms with Crippen molar-refractivity contribution in [3.63, 3.8) is 0 Å². The van der Waals surface area contributed by atoms with Gasteiger partial charge in [-0.15, -0.1) is 0 Å². The maximum Gasteiger partial charge on any atom is 0.272 e. The molecule has 4 aromatic rings. The van der Waals surface area contributed by atoms with Crippen molar-refractivity contribution < 1.29 is 4.79 Å². The van der Waals surface area contributed by atoms with E-state index in [1.165, 1.54) is 0 Å².